The molecule has 2 heteroatoms. The Kier molecular flexibility index (Phi) is 2.94. The largest absolute Gasteiger partial charge is 0.391 e. The third-order valence-electron chi connectivity index (χ3n) is 3.03. The molecule has 0 N–H and O–H groups in total. The first kappa shape index (κ1) is 10.8. The topological polar surface area (TPSA) is 21.6 Å². The van der Waals surface area contributed by atoms with Crippen LogP contribution >= 0.6 is 0 Å². The Balaban J connectivity index is 3.15. The van der Waals surface area contributed by atoms with Crippen LogP contribution in [0.25, 0.3) is 0 Å². The lowest BCUT2D eigenvalue weighted by molar-refractivity contribution is 0.0576. The lowest BCUT2D eigenvalue weighted by atomic mass is 9.74. The fourth-order valence-electron chi connectivity index (χ4n) is 1.68. The Morgan fingerprint density at radius 1 is 1.57 bits per heavy atom. The summed E-state index contributed by atoms with van der Waals surface area (Å²) in [6.07, 6.45) is 5.61. The molecule has 1 heterocycles. The number of rotatable bonds is 3. The Bertz CT molecular complexity index is 314. The molecule has 0 aromatic heterocycles. The Labute approximate surface area is 85.6 Å². The molecule has 0 aromatic carbocycles. The predicted molar refractivity (Wildman–Crippen MR) is 60.2 cm³/mol. The van der Waals surface area contributed by atoms with E-state index >= 15 is 0 Å². The summed E-state index contributed by atoms with van der Waals surface area (Å²) in [5.41, 5.74) is 1.91. The minimum absolute atomic E-state index is 0.0479. The molecule has 1 rings (SSSR count). The van der Waals surface area contributed by atoms with Crippen LogP contribution in [0.3, 0.4) is 0 Å². The molecule has 0 aromatic rings. The van der Waals surface area contributed by atoms with Crippen molar-refractivity contribution in [3.63, 3.8) is 0 Å². The normalized spacial score (nSPS) is 32.1. The van der Waals surface area contributed by atoms with E-state index < -0.39 is 0 Å². The highest BCUT2D eigenvalue weighted by Crippen LogP contribution is 2.39. The minimum atomic E-state index is -0.171. The van der Waals surface area contributed by atoms with Gasteiger partial charge in [-0.3, -0.25) is 0 Å². The van der Waals surface area contributed by atoms with E-state index in [4.69, 9.17) is 4.84 Å². The maximum Gasteiger partial charge on any atom is 0.139 e. The van der Waals surface area contributed by atoms with Crippen molar-refractivity contribution in [2.45, 2.75) is 26.9 Å². The van der Waals surface area contributed by atoms with E-state index in [2.05, 4.69) is 25.2 Å². The molecule has 2 nitrogen and oxygen atoms in total. The monoisotopic (exact) mass is 191 g/mol. The molecular formula is C12H17NO. The van der Waals surface area contributed by atoms with E-state index in [1.54, 1.807) is 6.08 Å². The molecule has 14 heavy (non-hydrogen) atoms. The van der Waals surface area contributed by atoms with Gasteiger partial charge in [0, 0.05) is 0 Å². The number of allylic oxidation sites excluding steroid dienone is 3. The minimum Gasteiger partial charge on any atom is -0.391 e. The highest BCUT2D eigenvalue weighted by atomic mass is 16.6. The second kappa shape index (κ2) is 3.82. The Morgan fingerprint density at radius 2 is 2.21 bits per heavy atom. The third kappa shape index (κ3) is 1.41. The fourth-order valence-corrected chi connectivity index (χ4v) is 1.68. The van der Waals surface area contributed by atoms with Crippen molar-refractivity contribution in [3.05, 3.63) is 37.0 Å². The Morgan fingerprint density at radius 3 is 2.57 bits per heavy atom. The van der Waals surface area contributed by atoms with Crippen molar-refractivity contribution in [1.82, 2.24) is 0 Å². The Hall–Kier alpha value is -1.31. The van der Waals surface area contributed by atoms with E-state index in [-0.39, 0.29) is 11.5 Å². The van der Waals surface area contributed by atoms with Crippen LogP contribution in [0, 0.1) is 5.41 Å². The molecular weight excluding hydrogens is 174 g/mol. The van der Waals surface area contributed by atoms with Gasteiger partial charge in [-0.05, 0) is 26.3 Å². The summed E-state index contributed by atoms with van der Waals surface area (Å²) < 4.78 is 0. The summed E-state index contributed by atoms with van der Waals surface area (Å²) in [5, 5.41) is 4.02. The zero-order chi connectivity index (χ0) is 10.8. The first-order valence-electron chi connectivity index (χ1n) is 4.74. The van der Waals surface area contributed by atoms with Crippen molar-refractivity contribution >= 4 is 5.71 Å². The molecule has 0 amide bonds. The average molecular weight is 191 g/mol. The van der Waals surface area contributed by atoms with Gasteiger partial charge in [0.1, 0.15) is 6.10 Å². The molecule has 0 radical (unpaired) electrons. The summed E-state index contributed by atoms with van der Waals surface area (Å²) >= 11 is 0. The van der Waals surface area contributed by atoms with E-state index in [0.717, 1.165) is 11.3 Å². The lowest BCUT2D eigenvalue weighted by Crippen LogP contribution is -2.34. The van der Waals surface area contributed by atoms with Crippen LogP contribution in [0.15, 0.2) is 42.1 Å². The van der Waals surface area contributed by atoms with Crippen LogP contribution in [0.2, 0.25) is 0 Å². The van der Waals surface area contributed by atoms with Crippen molar-refractivity contribution in [2.24, 2.45) is 10.6 Å². The van der Waals surface area contributed by atoms with Gasteiger partial charge in [-0.1, -0.05) is 36.5 Å². The first-order valence-corrected chi connectivity index (χ1v) is 4.74. The summed E-state index contributed by atoms with van der Waals surface area (Å²) in [6, 6.07) is 0. The zero-order valence-corrected chi connectivity index (χ0v) is 9.08. The average Bonchev–Trinajstić information content (AvgIpc) is 2.43. The van der Waals surface area contributed by atoms with E-state index in [9.17, 15) is 0 Å². The van der Waals surface area contributed by atoms with E-state index in [1.165, 1.54) is 0 Å². The quantitative estimate of drug-likeness (QED) is 0.628. The first-order chi connectivity index (χ1) is 6.57. The van der Waals surface area contributed by atoms with Crippen molar-refractivity contribution in [2.75, 3.05) is 0 Å². The molecule has 76 valence electrons. The van der Waals surface area contributed by atoms with Crippen LogP contribution in [0.5, 0.6) is 0 Å². The van der Waals surface area contributed by atoms with Gasteiger partial charge in [-0.25, -0.2) is 0 Å². The third-order valence-corrected chi connectivity index (χ3v) is 3.03. The second-order valence-corrected chi connectivity index (χ2v) is 3.69. The summed E-state index contributed by atoms with van der Waals surface area (Å²) in [7, 11) is 0. The van der Waals surface area contributed by atoms with Gasteiger partial charge < -0.3 is 4.84 Å². The molecule has 0 spiro atoms. The van der Waals surface area contributed by atoms with Gasteiger partial charge in [-0.15, -0.1) is 0 Å². The molecule has 2 atom stereocenters. The lowest BCUT2D eigenvalue weighted by Gasteiger charge is -2.28. The highest BCUT2D eigenvalue weighted by molar-refractivity contribution is 5.92. The number of nitrogens with zero attached hydrogens (tertiary/aromatic N) is 1. The van der Waals surface area contributed by atoms with Crippen LogP contribution in [0.1, 0.15) is 20.8 Å². The molecule has 0 aliphatic carbocycles. The van der Waals surface area contributed by atoms with Gasteiger partial charge in [-0.2, -0.15) is 0 Å². The highest BCUT2D eigenvalue weighted by Gasteiger charge is 2.42. The van der Waals surface area contributed by atoms with Gasteiger partial charge >= 0.3 is 0 Å². The fraction of sp³-hybridized carbons (Fsp3) is 0.417. The molecule has 0 fully saturated rings. The van der Waals surface area contributed by atoms with Gasteiger partial charge in [0.05, 0.1) is 11.1 Å². The van der Waals surface area contributed by atoms with Crippen LogP contribution in [0.4, 0.5) is 0 Å². The van der Waals surface area contributed by atoms with Crippen LogP contribution in [-0.4, -0.2) is 11.8 Å². The van der Waals surface area contributed by atoms with Crippen LogP contribution in [-0.2, 0) is 4.84 Å². The van der Waals surface area contributed by atoms with Gasteiger partial charge in [0.2, 0.25) is 0 Å². The van der Waals surface area contributed by atoms with E-state index in [1.807, 2.05) is 26.0 Å². The number of hydrogen-bond acceptors (Lipinski definition) is 2. The SMILES string of the molecule is C=CC=C(C=C)C1(C)C(C)=NOC1C. The van der Waals surface area contributed by atoms with Crippen molar-refractivity contribution in [1.29, 1.82) is 0 Å². The van der Waals surface area contributed by atoms with Gasteiger partial charge in [0.25, 0.3) is 0 Å². The van der Waals surface area contributed by atoms with E-state index in [0.29, 0.717) is 0 Å². The predicted octanol–water partition coefficient (Wildman–Crippen LogP) is 3.09. The van der Waals surface area contributed by atoms with Crippen molar-refractivity contribution in [3.8, 4) is 0 Å². The molecule has 0 saturated heterocycles. The maximum absolute atomic E-state index is 5.27. The standard InChI is InChI=1S/C12H17NO/c1-6-8-11(7-2)12(5)9(3)13-14-10(12)4/h6-8,10H,1-2H2,3-5H3. The number of oxime groups is 1. The zero-order valence-electron chi connectivity index (χ0n) is 9.08. The molecule has 0 saturated carbocycles. The van der Waals surface area contributed by atoms with Crippen LogP contribution < -0.4 is 0 Å². The van der Waals surface area contributed by atoms with Crippen molar-refractivity contribution < 1.29 is 4.84 Å². The maximum atomic E-state index is 5.27. The smallest absolute Gasteiger partial charge is 0.139 e. The number of hydrogen-bond donors (Lipinski definition) is 0. The summed E-state index contributed by atoms with van der Waals surface area (Å²) in [5.74, 6) is 0. The molecule has 0 bridgehead atoms. The second-order valence-electron chi connectivity index (χ2n) is 3.69. The molecule has 1 aliphatic heterocycles. The summed E-state index contributed by atoms with van der Waals surface area (Å²) in [6.45, 7) is 13.6. The molecule has 1 aliphatic rings. The molecule has 2 unspecified atom stereocenters. The van der Waals surface area contributed by atoms with Gasteiger partial charge in [0.15, 0.2) is 0 Å². The summed E-state index contributed by atoms with van der Waals surface area (Å²) in [4.78, 5) is 5.27.